The molecule has 0 spiro atoms. The number of para-hydroxylation sites is 1. The number of fused-ring (bicyclic) bond motifs is 1. The minimum atomic E-state index is -0.579. The number of anilines is 1. The van der Waals surface area contributed by atoms with E-state index in [1.165, 1.54) is 0 Å². The van der Waals surface area contributed by atoms with E-state index >= 15 is 0 Å². The quantitative estimate of drug-likeness (QED) is 0.448. The molecule has 1 aliphatic rings. The maximum absolute atomic E-state index is 13.4. The van der Waals surface area contributed by atoms with Gasteiger partial charge in [0.15, 0.2) is 5.43 Å². The first-order valence-electron chi connectivity index (χ1n) is 11.3. The molecule has 34 heavy (non-hydrogen) atoms. The molecule has 6 nitrogen and oxygen atoms in total. The number of rotatable bonds is 4. The number of aromatic amines is 1. The van der Waals surface area contributed by atoms with Crippen LogP contribution in [-0.4, -0.2) is 42.1 Å². The van der Waals surface area contributed by atoms with Crippen LogP contribution in [0.5, 0.6) is 0 Å². The number of hydrogen-bond donors (Lipinski definition) is 2. The predicted molar refractivity (Wildman–Crippen MR) is 137 cm³/mol. The Hall–Kier alpha value is -3.77. The molecule has 1 unspecified atom stereocenters. The first-order chi connectivity index (χ1) is 16.6. The van der Waals surface area contributed by atoms with Gasteiger partial charge in [0.25, 0.3) is 0 Å². The first kappa shape index (κ1) is 22.0. The van der Waals surface area contributed by atoms with Gasteiger partial charge < -0.3 is 20.1 Å². The molecule has 1 aromatic heterocycles. The molecule has 1 saturated heterocycles. The van der Waals surface area contributed by atoms with E-state index in [4.69, 9.17) is 11.6 Å². The molecule has 1 aliphatic heterocycles. The maximum atomic E-state index is 13.4. The molecule has 7 heteroatoms. The fraction of sp³-hybridized carbons (Fsp3) is 0.185. The van der Waals surface area contributed by atoms with Gasteiger partial charge in [-0.1, -0.05) is 60.1 Å². The van der Waals surface area contributed by atoms with Gasteiger partial charge in [0.1, 0.15) is 0 Å². The normalized spacial score (nSPS) is 14.7. The van der Waals surface area contributed by atoms with Crippen LogP contribution in [0.4, 0.5) is 10.5 Å². The van der Waals surface area contributed by atoms with Crippen LogP contribution in [0.15, 0.2) is 89.9 Å². The van der Waals surface area contributed by atoms with E-state index in [9.17, 15) is 9.59 Å². The summed E-state index contributed by atoms with van der Waals surface area (Å²) in [5.41, 5.74) is 3.02. The summed E-state index contributed by atoms with van der Waals surface area (Å²) in [4.78, 5) is 33.9. The summed E-state index contributed by atoms with van der Waals surface area (Å²) in [5.74, 6) is 0. The molecule has 0 radical (unpaired) electrons. The Morgan fingerprint density at radius 1 is 0.912 bits per heavy atom. The highest BCUT2D eigenvalue weighted by Gasteiger charge is 2.26. The number of nitrogens with one attached hydrogen (secondary N) is 2. The highest BCUT2D eigenvalue weighted by atomic mass is 35.5. The lowest BCUT2D eigenvalue weighted by atomic mass is 9.98. The van der Waals surface area contributed by atoms with Gasteiger partial charge >= 0.3 is 6.03 Å². The lowest BCUT2D eigenvalue weighted by Gasteiger charge is -2.36. The minimum absolute atomic E-state index is 0.131. The summed E-state index contributed by atoms with van der Waals surface area (Å²) < 4.78 is 0. The van der Waals surface area contributed by atoms with Crippen LogP contribution in [0.1, 0.15) is 17.2 Å². The third kappa shape index (κ3) is 4.50. The average Bonchev–Trinajstić information content (AvgIpc) is 2.89. The lowest BCUT2D eigenvalue weighted by molar-refractivity contribution is 0.192. The third-order valence-electron chi connectivity index (χ3n) is 6.27. The van der Waals surface area contributed by atoms with Crippen molar-refractivity contribution >= 4 is 34.2 Å². The number of benzene rings is 3. The zero-order valence-electron chi connectivity index (χ0n) is 18.6. The fourth-order valence-electron chi connectivity index (χ4n) is 4.43. The highest BCUT2D eigenvalue weighted by molar-refractivity contribution is 6.31. The van der Waals surface area contributed by atoms with Gasteiger partial charge in [0.05, 0.1) is 11.6 Å². The monoisotopic (exact) mass is 472 g/mol. The Morgan fingerprint density at radius 2 is 1.59 bits per heavy atom. The smallest absolute Gasteiger partial charge is 0.318 e. The SMILES string of the molecule is O=C(NC(c1ccccc1)c1c[nH]c2cc(Cl)ccc2c1=O)N1CCN(c2ccccc2)CC1. The number of nitrogens with zero attached hydrogens (tertiary/aromatic N) is 2. The summed E-state index contributed by atoms with van der Waals surface area (Å²) in [5, 5.41) is 4.20. The number of carbonyl (C=O) groups excluding carboxylic acids is 1. The number of piperazine rings is 1. The Balaban J connectivity index is 1.39. The van der Waals surface area contributed by atoms with Gasteiger partial charge in [0.2, 0.25) is 0 Å². The molecular weight excluding hydrogens is 448 g/mol. The number of aromatic nitrogens is 1. The van der Waals surface area contributed by atoms with E-state index < -0.39 is 6.04 Å². The molecule has 4 aromatic rings. The van der Waals surface area contributed by atoms with Gasteiger partial charge in [-0.25, -0.2) is 4.79 Å². The second-order valence-corrected chi connectivity index (χ2v) is 8.80. The number of urea groups is 1. The van der Waals surface area contributed by atoms with E-state index in [1.807, 2.05) is 53.4 Å². The summed E-state index contributed by atoms with van der Waals surface area (Å²) in [6.07, 6.45) is 1.67. The zero-order valence-corrected chi connectivity index (χ0v) is 19.3. The van der Waals surface area contributed by atoms with Crippen LogP contribution in [0.2, 0.25) is 5.02 Å². The summed E-state index contributed by atoms with van der Waals surface area (Å²) in [6.45, 7) is 2.72. The number of H-pyrrole nitrogens is 1. The van der Waals surface area contributed by atoms with Crippen LogP contribution in [-0.2, 0) is 0 Å². The third-order valence-corrected chi connectivity index (χ3v) is 6.51. The topological polar surface area (TPSA) is 68.4 Å². The molecule has 2 heterocycles. The van der Waals surface area contributed by atoms with Crippen LogP contribution in [0, 0.1) is 0 Å². The molecule has 5 rings (SSSR count). The summed E-state index contributed by atoms with van der Waals surface area (Å²) >= 11 is 6.09. The zero-order chi connectivity index (χ0) is 23.5. The van der Waals surface area contributed by atoms with Gasteiger partial charge in [-0.3, -0.25) is 4.79 Å². The Morgan fingerprint density at radius 3 is 2.29 bits per heavy atom. The number of pyridine rings is 1. The molecule has 0 bridgehead atoms. The number of amides is 2. The van der Waals surface area contributed by atoms with E-state index in [-0.39, 0.29) is 11.5 Å². The average molecular weight is 473 g/mol. The Kier molecular flexibility index (Phi) is 6.23. The van der Waals surface area contributed by atoms with Crippen molar-refractivity contribution in [2.75, 3.05) is 31.1 Å². The van der Waals surface area contributed by atoms with Crippen LogP contribution in [0.3, 0.4) is 0 Å². The van der Waals surface area contributed by atoms with Crippen LogP contribution in [0.25, 0.3) is 10.9 Å². The lowest BCUT2D eigenvalue weighted by Crippen LogP contribution is -2.52. The van der Waals surface area contributed by atoms with Gasteiger partial charge in [-0.05, 0) is 35.9 Å². The Labute approximate surface area is 202 Å². The van der Waals surface area contributed by atoms with E-state index in [1.54, 1.807) is 24.4 Å². The van der Waals surface area contributed by atoms with Crippen molar-refractivity contribution in [1.82, 2.24) is 15.2 Å². The van der Waals surface area contributed by atoms with Crippen molar-refractivity contribution < 1.29 is 4.79 Å². The summed E-state index contributed by atoms with van der Waals surface area (Å²) in [6, 6.07) is 24.2. The molecule has 1 fully saturated rings. The molecule has 2 N–H and O–H groups in total. The molecule has 0 aliphatic carbocycles. The molecule has 3 aromatic carbocycles. The van der Waals surface area contributed by atoms with E-state index in [0.29, 0.717) is 34.6 Å². The minimum Gasteiger partial charge on any atom is -0.368 e. The molecule has 2 amide bonds. The predicted octanol–water partition coefficient (Wildman–Crippen LogP) is 4.80. The second kappa shape index (κ2) is 9.61. The Bertz CT molecular complexity index is 1350. The highest BCUT2D eigenvalue weighted by Crippen LogP contribution is 2.23. The molecular formula is C27H25ClN4O2. The van der Waals surface area contributed by atoms with Gasteiger partial charge in [0, 0.05) is 54.0 Å². The van der Waals surface area contributed by atoms with Gasteiger partial charge in [-0.2, -0.15) is 0 Å². The fourth-order valence-corrected chi connectivity index (χ4v) is 4.60. The molecule has 0 saturated carbocycles. The van der Waals surface area contributed by atoms with Crippen molar-refractivity contribution in [2.45, 2.75) is 6.04 Å². The van der Waals surface area contributed by atoms with Crippen molar-refractivity contribution in [2.24, 2.45) is 0 Å². The van der Waals surface area contributed by atoms with Crippen LogP contribution >= 0.6 is 11.6 Å². The number of carbonyl (C=O) groups is 1. The maximum Gasteiger partial charge on any atom is 0.318 e. The van der Waals surface area contributed by atoms with Crippen molar-refractivity contribution in [3.63, 3.8) is 0 Å². The second-order valence-electron chi connectivity index (χ2n) is 8.37. The van der Waals surface area contributed by atoms with E-state index in [0.717, 1.165) is 24.3 Å². The first-order valence-corrected chi connectivity index (χ1v) is 11.7. The van der Waals surface area contributed by atoms with Gasteiger partial charge in [-0.15, -0.1) is 0 Å². The van der Waals surface area contributed by atoms with Crippen molar-refractivity contribution in [3.8, 4) is 0 Å². The molecule has 1 atom stereocenters. The largest absolute Gasteiger partial charge is 0.368 e. The molecule has 172 valence electrons. The number of halogens is 1. The van der Waals surface area contributed by atoms with E-state index in [2.05, 4.69) is 27.3 Å². The van der Waals surface area contributed by atoms with Crippen LogP contribution < -0.4 is 15.6 Å². The standard InChI is InChI=1S/C27H25ClN4O2/c28-20-11-12-22-24(17-20)29-18-23(26(22)33)25(19-7-3-1-4-8-19)30-27(34)32-15-13-31(14-16-32)21-9-5-2-6-10-21/h1-12,17-18,25H,13-16H2,(H,29,33)(H,30,34). The van der Waals surface area contributed by atoms with Crippen molar-refractivity contribution in [3.05, 3.63) is 111 Å². The van der Waals surface area contributed by atoms with Crippen molar-refractivity contribution in [1.29, 1.82) is 0 Å². The summed E-state index contributed by atoms with van der Waals surface area (Å²) in [7, 11) is 0. The number of hydrogen-bond acceptors (Lipinski definition) is 3.